The Labute approximate surface area is 151 Å². The lowest BCUT2D eigenvalue weighted by Gasteiger charge is -2.31. The maximum absolute atomic E-state index is 12.9. The number of nitrogens with one attached hydrogen (secondary N) is 2. The average Bonchev–Trinajstić information content (AvgIpc) is 2.59. The van der Waals surface area contributed by atoms with Gasteiger partial charge in [-0.2, -0.15) is 4.31 Å². The Morgan fingerprint density at radius 2 is 1.92 bits per heavy atom. The minimum absolute atomic E-state index is 0.0191. The Balaban J connectivity index is 1.98. The smallest absolute Gasteiger partial charge is 0.243 e. The quantitative estimate of drug-likeness (QED) is 0.797. The summed E-state index contributed by atoms with van der Waals surface area (Å²) in [4.78, 5) is 12.6. The second kappa shape index (κ2) is 8.29. The van der Waals surface area contributed by atoms with Crippen molar-refractivity contribution in [1.82, 2.24) is 14.9 Å². The molecule has 0 saturated carbocycles. The number of nitrogens with zero attached hydrogens (tertiary/aromatic N) is 1. The van der Waals surface area contributed by atoms with Crippen LogP contribution >= 0.6 is 0 Å². The minimum atomic E-state index is -3.50. The van der Waals surface area contributed by atoms with E-state index in [-0.39, 0.29) is 17.9 Å². The molecule has 1 atom stereocenters. The summed E-state index contributed by atoms with van der Waals surface area (Å²) in [6, 6.07) is 5.60. The Hall–Kier alpha value is -1.44. The van der Waals surface area contributed by atoms with Gasteiger partial charge in [-0.1, -0.05) is 17.7 Å². The molecule has 25 heavy (non-hydrogen) atoms. The number of likely N-dealkylation sites (N-methyl/N-ethyl adjacent to an activating group) is 1. The van der Waals surface area contributed by atoms with Crippen LogP contribution in [0.1, 0.15) is 30.9 Å². The van der Waals surface area contributed by atoms with Crippen LogP contribution in [-0.4, -0.2) is 51.4 Å². The summed E-state index contributed by atoms with van der Waals surface area (Å²) in [7, 11) is -1.64. The summed E-state index contributed by atoms with van der Waals surface area (Å²) in [6.07, 6.45) is 1.12. The highest BCUT2D eigenvalue weighted by Crippen LogP contribution is 2.26. The highest BCUT2D eigenvalue weighted by Gasteiger charge is 2.32. The molecule has 2 rings (SSSR count). The fourth-order valence-corrected chi connectivity index (χ4v) is 4.76. The number of piperidine rings is 1. The maximum Gasteiger partial charge on any atom is 0.243 e. The maximum atomic E-state index is 12.9. The predicted octanol–water partition coefficient (Wildman–Crippen LogP) is 1.43. The Bertz CT molecular complexity index is 710. The minimum Gasteiger partial charge on any atom is -0.354 e. The van der Waals surface area contributed by atoms with Gasteiger partial charge in [-0.05, 0) is 52.3 Å². The van der Waals surface area contributed by atoms with Gasteiger partial charge in [0.25, 0.3) is 0 Å². The summed E-state index contributed by atoms with van der Waals surface area (Å²) in [5.74, 6) is -0.0970. The van der Waals surface area contributed by atoms with Crippen molar-refractivity contribution in [2.45, 2.75) is 44.6 Å². The average molecular weight is 368 g/mol. The van der Waals surface area contributed by atoms with Gasteiger partial charge in [0.15, 0.2) is 0 Å². The molecular weight excluding hydrogens is 338 g/mol. The molecule has 1 unspecified atom stereocenters. The highest BCUT2D eigenvalue weighted by atomic mass is 32.2. The lowest BCUT2D eigenvalue weighted by atomic mass is 9.97. The van der Waals surface area contributed by atoms with Crippen molar-refractivity contribution in [3.63, 3.8) is 0 Å². The van der Waals surface area contributed by atoms with Gasteiger partial charge in [-0.3, -0.25) is 4.79 Å². The first kappa shape index (κ1) is 19.9. The van der Waals surface area contributed by atoms with Gasteiger partial charge in [-0.15, -0.1) is 0 Å². The third kappa shape index (κ3) is 4.80. The Kier molecular flexibility index (Phi) is 6.59. The number of carbonyl (C=O) groups excluding carboxylic acids is 1. The highest BCUT2D eigenvalue weighted by molar-refractivity contribution is 7.89. The number of amides is 1. The molecule has 1 aliphatic rings. The SMILES string of the molecule is CNC(C)CNC(=O)C1CCN(S(=O)(=O)c2ccc(C)cc2C)CC1. The lowest BCUT2D eigenvalue weighted by Crippen LogP contribution is -2.45. The van der Waals surface area contributed by atoms with Crippen molar-refractivity contribution in [1.29, 1.82) is 0 Å². The first-order valence-electron chi connectivity index (χ1n) is 8.78. The van der Waals surface area contributed by atoms with Crippen LogP contribution in [0.2, 0.25) is 0 Å². The number of carbonyl (C=O) groups is 1. The van der Waals surface area contributed by atoms with E-state index in [1.54, 1.807) is 6.07 Å². The van der Waals surface area contributed by atoms with E-state index in [1.165, 1.54) is 4.31 Å². The van der Waals surface area contributed by atoms with Crippen LogP contribution in [0.4, 0.5) is 0 Å². The van der Waals surface area contributed by atoms with Crippen molar-refractivity contribution in [2.75, 3.05) is 26.7 Å². The summed E-state index contributed by atoms with van der Waals surface area (Å²) in [5.41, 5.74) is 1.81. The van der Waals surface area contributed by atoms with Gasteiger partial charge < -0.3 is 10.6 Å². The van der Waals surface area contributed by atoms with Gasteiger partial charge in [0, 0.05) is 31.6 Å². The fourth-order valence-electron chi connectivity index (χ4n) is 3.09. The largest absolute Gasteiger partial charge is 0.354 e. The monoisotopic (exact) mass is 367 g/mol. The van der Waals surface area contributed by atoms with E-state index in [1.807, 2.05) is 40.0 Å². The van der Waals surface area contributed by atoms with Crippen molar-refractivity contribution in [3.05, 3.63) is 29.3 Å². The van der Waals surface area contributed by atoms with Crippen LogP contribution in [0.25, 0.3) is 0 Å². The number of aryl methyl sites for hydroxylation is 2. The molecule has 1 aliphatic heterocycles. The van der Waals surface area contributed by atoms with Gasteiger partial charge in [0.05, 0.1) is 4.90 Å². The van der Waals surface area contributed by atoms with Crippen LogP contribution in [0.5, 0.6) is 0 Å². The van der Waals surface area contributed by atoms with Crippen LogP contribution < -0.4 is 10.6 Å². The van der Waals surface area contributed by atoms with Gasteiger partial charge in [0.1, 0.15) is 0 Å². The number of hydrogen-bond acceptors (Lipinski definition) is 4. The van der Waals surface area contributed by atoms with Crippen molar-refractivity contribution >= 4 is 15.9 Å². The van der Waals surface area contributed by atoms with Crippen molar-refractivity contribution < 1.29 is 13.2 Å². The van der Waals surface area contributed by atoms with E-state index in [4.69, 9.17) is 0 Å². The summed E-state index contributed by atoms with van der Waals surface area (Å²) >= 11 is 0. The zero-order chi connectivity index (χ0) is 18.6. The molecule has 2 N–H and O–H groups in total. The first-order chi connectivity index (χ1) is 11.8. The van der Waals surface area contributed by atoms with E-state index in [0.29, 0.717) is 37.4 Å². The van der Waals surface area contributed by atoms with Gasteiger partial charge >= 0.3 is 0 Å². The number of rotatable bonds is 6. The molecule has 1 aromatic rings. The number of sulfonamides is 1. The predicted molar refractivity (Wildman–Crippen MR) is 98.9 cm³/mol. The molecule has 140 valence electrons. The standard InChI is InChI=1S/C18H29N3O3S/c1-13-5-6-17(14(2)11-13)25(23,24)21-9-7-16(8-10-21)18(22)20-12-15(3)19-4/h5-6,11,15-16,19H,7-10,12H2,1-4H3,(H,20,22). The molecule has 1 fully saturated rings. The van der Waals surface area contributed by atoms with Crippen LogP contribution in [0.15, 0.2) is 23.1 Å². The Morgan fingerprint density at radius 1 is 1.28 bits per heavy atom. The molecule has 1 saturated heterocycles. The molecule has 1 heterocycles. The molecule has 1 amide bonds. The lowest BCUT2D eigenvalue weighted by molar-refractivity contribution is -0.126. The number of benzene rings is 1. The van der Waals surface area contributed by atoms with E-state index in [2.05, 4.69) is 10.6 Å². The molecule has 0 spiro atoms. The molecule has 7 heteroatoms. The fraction of sp³-hybridized carbons (Fsp3) is 0.611. The third-order valence-electron chi connectivity index (χ3n) is 4.85. The van der Waals surface area contributed by atoms with Gasteiger partial charge in [0.2, 0.25) is 15.9 Å². The van der Waals surface area contributed by atoms with Crippen LogP contribution in [0, 0.1) is 19.8 Å². The third-order valence-corrected chi connectivity index (χ3v) is 6.91. The second-order valence-electron chi connectivity index (χ2n) is 6.88. The first-order valence-corrected chi connectivity index (χ1v) is 10.2. The Morgan fingerprint density at radius 3 is 2.48 bits per heavy atom. The van der Waals surface area contributed by atoms with Gasteiger partial charge in [-0.25, -0.2) is 8.42 Å². The van der Waals surface area contributed by atoms with E-state index >= 15 is 0 Å². The topological polar surface area (TPSA) is 78.5 Å². The molecule has 1 aromatic carbocycles. The summed E-state index contributed by atoms with van der Waals surface area (Å²) in [6.45, 7) is 7.12. The van der Waals surface area contributed by atoms with Crippen molar-refractivity contribution in [2.24, 2.45) is 5.92 Å². The second-order valence-corrected chi connectivity index (χ2v) is 8.79. The normalized spacial score (nSPS) is 18.1. The van der Waals surface area contributed by atoms with Crippen LogP contribution in [-0.2, 0) is 14.8 Å². The molecule has 0 radical (unpaired) electrons. The van der Waals surface area contributed by atoms with E-state index < -0.39 is 10.0 Å². The zero-order valence-electron chi connectivity index (χ0n) is 15.5. The molecular formula is C18H29N3O3S. The van der Waals surface area contributed by atoms with E-state index in [9.17, 15) is 13.2 Å². The zero-order valence-corrected chi connectivity index (χ0v) is 16.3. The van der Waals surface area contributed by atoms with Crippen LogP contribution in [0.3, 0.4) is 0 Å². The molecule has 0 bridgehead atoms. The number of hydrogen-bond donors (Lipinski definition) is 2. The molecule has 0 aromatic heterocycles. The van der Waals surface area contributed by atoms with E-state index in [0.717, 1.165) is 11.1 Å². The van der Waals surface area contributed by atoms with Crippen molar-refractivity contribution in [3.8, 4) is 0 Å². The molecule has 6 nitrogen and oxygen atoms in total. The summed E-state index contributed by atoms with van der Waals surface area (Å²) < 4.78 is 27.2. The summed E-state index contributed by atoms with van der Waals surface area (Å²) in [5, 5.41) is 6.01. The molecule has 0 aliphatic carbocycles.